The first kappa shape index (κ1) is 40.5. The molecular weight excluding hydrogens is 471 g/mol. The molecule has 0 amide bonds. The summed E-state index contributed by atoms with van der Waals surface area (Å²) in [6, 6.07) is 0. The summed E-state index contributed by atoms with van der Waals surface area (Å²) in [6.45, 7) is 13.1. The largest absolute Gasteiger partial charge is 0.394 e. The normalized spacial score (nSPS) is 9.65. The standard InChI is InChI=1S/C12H25.C7H12O2.C5H8O2.Na.H2O4S/c1-3-5-7-9-11-12-10-8-6-4-2;1-3-5-6-9-7(8)4-2;1-4(2)5(6)7-3;;1-5(2,3)4/h1,3-12H2,2H3;4H,2-3,5-6H2,1H3;1H2,2-3H3;;(H2,1,2,3,4). The molecule has 10 heteroatoms. The summed E-state index contributed by atoms with van der Waals surface area (Å²) in [5.74, 6) is -0.677. The van der Waals surface area contributed by atoms with Crippen LogP contribution in [-0.4, -0.2) is 71.1 Å². The van der Waals surface area contributed by atoms with E-state index in [1.54, 1.807) is 6.92 Å². The number of unbranched alkanes of at least 4 members (excludes halogenated alkanes) is 10. The Hall–Kier alpha value is -0.710. The second kappa shape index (κ2) is 32.3. The molecule has 0 aromatic heterocycles. The van der Waals surface area contributed by atoms with Gasteiger partial charge in [-0.25, -0.2) is 9.59 Å². The van der Waals surface area contributed by atoms with Gasteiger partial charge in [0.2, 0.25) is 0 Å². The van der Waals surface area contributed by atoms with Crippen molar-refractivity contribution in [2.75, 3.05) is 13.7 Å². The summed E-state index contributed by atoms with van der Waals surface area (Å²) in [5, 5.41) is 0. The molecule has 0 saturated carbocycles. The molecule has 0 aliphatic rings. The average Bonchev–Trinajstić information content (AvgIpc) is 2.77. The van der Waals surface area contributed by atoms with Crippen molar-refractivity contribution >= 4 is 50.3 Å². The van der Waals surface area contributed by atoms with Gasteiger partial charge >= 0.3 is 125 Å². The number of esters is 2. The Morgan fingerprint density at radius 1 is 0.882 bits per heavy atom. The second-order valence-corrected chi connectivity index (χ2v) is 9.52. The molecule has 2 N–H and O–H groups in total. The smallest absolute Gasteiger partial charge is 0.264 e. The van der Waals surface area contributed by atoms with E-state index in [4.69, 9.17) is 17.5 Å². The summed E-state index contributed by atoms with van der Waals surface area (Å²) in [5.41, 5.74) is 0.433. The van der Waals surface area contributed by atoms with Gasteiger partial charge in [-0.2, -0.15) is 8.42 Å². The summed E-state index contributed by atoms with van der Waals surface area (Å²) in [6.07, 6.45) is 17.9. The molecule has 0 heterocycles. The van der Waals surface area contributed by atoms with E-state index in [1.807, 2.05) is 6.92 Å². The summed E-state index contributed by atoms with van der Waals surface area (Å²) < 4.78 is 42.0. The van der Waals surface area contributed by atoms with Gasteiger partial charge in [-0.1, -0.05) is 26.5 Å². The quantitative estimate of drug-likeness (QED) is 0.0876. The summed E-state index contributed by atoms with van der Waals surface area (Å²) in [4.78, 5) is 20.5. The zero-order chi connectivity index (χ0) is 27.3. The maximum atomic E-state index is 10.3. The first-order chi connectivity index (χ1) is 15.9. The summed E-state index contributed by atoms with van der Waals surface area (Å²) >= 11 is 1.41. The van der Waals surface area contributed by atoms with Crippen LogP contribution in [0.1, 0.15) is 97.8 Å². The van der Waals surface area contributed by atoms with Crippen LogP contribution in [0, 0.1) is 0 Å². The Balaban J connectivity index is -0.000000188. The van der Waals surface area contributed by atoms with Crippen molar-refractivity contribution in [1.82, 2.24) is 0 Å². The molecule has 0 unspecified atom stereocenters. The molecule has 0 spiro atoms. The van der Waals surface area contributed by atoms with E-state index >= 15 is 0 Å². The van der Waals surface area contributed by atoms with Crippen LogP contribution >= 0.6 is 0 Å². The van der Waals surface area contributed by atoms with E-state index in [-0.39, 0.29) is 11.9 Å². The fourth-order valence-corrected chi connectivity index (χ4v) is 2.79. The fraction of sp³-hybridized carbons (Fsp3) is 0.750. The number of carbonyl (C=O) groups is 2. The van der Waals surface area contributed by atoms with Gasteiger partial charge in [0.15, 0.2) is 0 Å². The number of methoxy groups -OCH3 is 1. The van der Waals surface area contributed by atoms with E-state index in [0.29, 0.717) is 12.2 Å². The summed E-state index contributed by atoms with van der Waals surface area (Å²) in [7, 11) is -3.34. The first-order valence-corrected chi connectivity index (χ1v) is 14.9. The monoisotopic (exact) mass is 518 g/mol. The van der Waals surface area contributed by atoms with Crippen LogP contribution < -0.4 is 0 Å². The molecule has 0 fully saturated rings. The molecule has 0 aliphatic heterocycles. The van der Waals surface area contributed by atoms with E-state index in [2.05, 4.69) is 29.6 Å². The Kier molecular flexibility index (Phi) is 38.4. The van der Waals surface area contributed by atoms with Crippen molar-refractivity contribution in [1.29, 1.82) is 0 Å². The average molecular weight is 519 g/mol. The minimum absolute atomic E-state index is 0.330. The molecule has 8 nitrogen and oxygen atoms in total. The van der Waals surface area contributed by atoms with Crippen molar-refractivity contribution in [3.63, 3.8) is 0 Å². The van der Waals surface area contributed by atoms with E-state index in [9.17, 15) is 9.59 Å². The molecule has 0 atom stereocenters. The maximum absolute atomic E-state index is 10.3. The molecular formula is C24H47NaO8S. The Morgan fingerprint density at radius 2 is 1.26 bits per heavy atom. The van der Waals surface area contributed by atoms with Crippen LogP contribution in [-0.2, 0) is 29.5 Å². The van der Waals surface area contributed by atoms with Gasteiger partial charge in [0.25, 0.3) is 0 Å². The second-order valence-electron chi connectivity index (χ2n) is 7.63. The zero-order valence-electron chi connectivity index (χ0n) is 22.1. The van der Waals surface area contributed by atoms with Gasteiger partial charge < -0.3 is 9.47 Å². The molecule has 0 radical (unpaired) electrons. The minimum atomic E-state index is -4.67. The van der Waals surface area contributed by atoms with E-state index < -0.39 is 10.4 Å². The zero-order valence-corrected chi connectivity index (χ0v) is 25.0. The van der Waals surface area contributed by atoms with Crippen molar-refractivity contribution in [3.05, 3.63) is 24.8 Å². The van der Waals surface area contributed by atoms with Crippen molar-refractivity contribution in [2.45, 2.75) is 101 Å². The van der Waals surface area contributed by atoms with Crippen molar-refractivity contribution in [3.8, 4) is 0 Å². The molecule has 0 aromatic carbocycles. The SMILES string of the molecule is C=C(C)C(=O)OC.C=CC(=O)OCCCC.CCCCCCCCCCC[CH2][Na].O=S(=O)(O)O. The number of carbonyl (C=O) groups excluding carboxylic acids is 2. The van der Waals surface area contributed by atoms with Gasteiger partial charge in [-0.3, -0.25) is 9.11 Å². The fourth-order valence-electron chi connectivity index (χ4n) is 2.29. The Labute approximate surface area is 225 Å². The number of hydrogen-bond acceptors (Lipinski definition) is 6. The van der Waals surface area contributed by atoms with E-state index in [1.165, 1.54) is 109 Å². The van der Waals surface area contributed by atoms with Gasteiger partial charge in [0.1, 0.15) is 0 Å². The van der Waals surface area contributed by atoms with Crippen LogP contribution in [0.5, 0.6) is 0 Å². The molecule has 0 saturated heterocycles. The van der Waals surface area contributed by atoms with Crippen LogP contribution in [0.4, 0.5) is 0 Å². The van der Waals surface area contributed by atoms with Crippen molar-refractivity contribution < 1.29 is 36.6 Å². The van der Waals surface area contributed by atoms with Crippen LogP contribution in [0.3, 0.4) is 0 Å². The predicted octanol–water partition coefficient (Wildman–Crippen LogP) is 6.09. The molecule has 0 aromatic rings. The van der Waals surface area contributed by atoms with Gasteiger partial charge in [-0.05, 0) is 13.3 Å². The third kappa shape index (κ3) is 57.8. The molecule has 0 bridgehead atoms. The molecule has 0 aliphatic carbocycles. The number of ether oxygens (including phenoxy) is 2. The number of rotatable bonds is 15. The van der Waals surface area contributed by atoms with Gasteiger partial charge in [-0.15, -0.1) is 0 Å². The third-order valence-electron chi connectivity index (χ3n) is 4.15. The van der Waals surface area contributed by atoms with Crippen LogP contribution in [0.2, 0.25) is 3.67 Å². The van der Waals surface area contributed by atoms with Gasteiger partial charge in [0.05, 0.1) is 13.7 Å². The topological polar surface area (TPSA) is 127 Å². The third-order valence-corrected chi connectivity index (χ3v) is 4.86. The van der Waals surface area contributed by atoms with E-state index in [0.717, 1.165) is 12.8 Å². The predicted molar refractivity (Wildman–Crippen MR) is 139 cm³/mol. The Bertz CT molecular complexity index is 574. The van der Waals surface area contributed by atoms with Gasteiger partial charge in [0, 0.05) is 11.6 Å². The Morgan fingerprint density at radius 3 is 1.53 bits per heavy atom. The maximum Gasteiger partial charge on any atom is 0.394 e. The number of hydrogen-bond donors (Lipinski definition) is 2. The molecule has 198 valence electrons. The van der Waals surface area contributed by atoms with Crippen molar-refractivity contribution in [2.24, 2.45) is 0 Å². The van der Waals surface area contributed by atoms with Crippen LogP contribution in [0.15, 0.2) is 24.8 Å². The molecule has 0 rings (SSSR count). The van der Waals surface area contributed by atoms with Crippen LogP contribution in [0.25, 0.3) is 0 Å². The minimum Gasteiger partial charge on any atom is -0.264 e. The first-order valence-electron chi connectivity index (χ1n) is 12.1. The molecule has 34 heavy (non-hydrogen) atoms.